The Morgan fingerprint density at radius 3 is 2.82 bits per heavy atom. The predicted molar refractivity (Wildman–Crippen MR) is 76.2 cm³/mol. The molecule has 0 bridgehead atoms. The fourth-order valence-electron chi connectivity index (χ4n) is 2.19. The van der Waals surface area contributed by atoms with Crippen molar-refractivity contribution in [1.29, 1.82) is 0 Å². The van der Waals surface area contributed by atoms with Gasteiger partial charge in [0.25, 0.3) is 0 Å². The highest BCUT2D eigenvalue weighted by molar-refractivity contribution is 6.08. The maximum atomic E-state index is 12.3. The van der Waals surface area contributed by atoms with Crippen LogP contribution < -0.4 is 5.56 Å². The minimum absolute atomic E-state index is 0.0908. The average molecular weight is 225 g/mol. The van der Waals surface area contributed by atoms with E-state index in [1.54, 1.807) is 4.48 Å². The fraction of sp³-hybridized carbons (Fsp3) is 0.214. The van der Waals surface area contributed by atoms with Gasteiger partial charge in [-0.2, -0.15) is 0 Å². The van der Waals surface area contributed by atoms with Crippen LogP contribution in [0.4, 0.5) is 0 Å². The number of rotatable bonds is 2. The number of pyridine rings is 1. The summed E-state index contributed by atoms with van der Waals surface area (Å²) in [6, 6.07) is 8.08. The normalized spacial score (nSPS) is 11.4. The summed E-state index contributed by atoms with van der Waals surface area (Å²) in [6.45, 7) is 4.03. The Bertz CT molecular complexity index is 640. The van der Waals surface area contributed by atoms with Gasteiger partial charge in [-0.3, -0.25) is 4.79 Å². The van der Waals surface area contributed by atoms with Crippen LogP contribution in [0, 0.1) is 0 Å². The molecule has 2 aromatic rings. The third-order valence-electron chi connectivity index (χ3n) is 3.11. The molecule has 0 aliphatic carbocycles. The van der Waals surface area contributed by atoms with Crippen molar-refractivity contribution in [3.05, 3.63) is 52.0 Å². The van der Waals surface area contributed by atoms with E-state index < -0.39 is 0 Å². The maximum Gasteiger partial charge on any atom is 0.246 e. The molecule has 0 aliphatic heterocycles. The smallest absolute Gasteiger partial charge is 0.246 e. The Balaban J connectivity index is 2.92. The van der Waals surface area contributed by atoms with E-state index >= 15 is 0 Å². The molecule has 0 unspecified atom stereocenters. The molecule has 0 saturated carbocycles. The highest BCUT2D eigenvalue weighted by Gasteiger charge is 2.07. The van der Waals surface area contributed by atoms with Crippen molar-refractivity contribution in [1.82, 2.24) is 4.48 Å². The second kappa shape index (κ2) is 4.62. The van der Waals surface area contributed by atoms with E-state index in [2.05, 4.69) is 13.0 Å². The molecule has 2 rings (SSSR count). The van der Waals surface area contributed by atoms with Gasteiger partial charge in [0, 0.05) is 5.69 Å². The van der Waals surface area contributed by atoms with Gasteiger partial charge >= 0.3 is 0 Å². The second-order valence-electron chi connectivity index (χ2n) is 4.16. The van der Waals surface area contributed by atoms with E-state index in [4.69, 9.17) is 0 Å². The van der Waals surface area contributed by atoms with Gasteiger partial charge < -0.3 is 4.48 Å². The first-order chi connectivity index (χ1) is 8.19. The van der Waals surface area contributed by atoms with Crippen LogP contribution in [0.3, 0.4) is 0 Å². The Kier molecular flexibility index (Phi) is 3.18. The van der Waals surface area contributed by atoms with Gasteiger partial charge in [0.1, 0.15) is 0 Å². The molecule has 0 saturated heterocycles. The number of hydrogen-bond acceptors (Lipinski definition) is 1. The number of allylic oxidation sites excluding steroid dienone is 1. The molecule has 1 aromatic carbocycles. The first kappa shape index (κ1) is 11.7. The highest BCUT2D eigenvalue weighted by atomic mass is 16.1. The first-order valence-electron chi connectivity index (χ1n) is 5.93. The topological polar surface area (TPSA) is 22.0 Å². The molecule has 0 atom stereocenters. The summed E-state index contributed by atoms with van der Waals surface area (Å²) in [5, 5.41) is 1.84. The van der Waals surface area contributed by atoms with E-state index in [0.29, 0.717) is 0 Å². The lowest BCUT2D eigenvalue weighted by Crippen LogP contribution is -2.22. The van der Waals surface area contributed by atoms with Gasteiger partial charge in [0.05, 0.1) is 5.39 Å². The van der Waals surface area contributed by atoms with Crippen molar-refractivity contribution in [2.45, 2.75) is 20.3 Å². The van der Waals surface area contributed by atoms with Crippen LogP contribution >= 0.6 is 0 Å². The van der Waals surface area contributed by atoms with Gasteiger partial charge in [-0.1, -0.05) is 37.3 Å². The van der Waals surface area contributed by atoms with Crippen LogP contribution in [0.5, 0.6) is 0 Å². The maximum absolute atomic E-state index is 12.3. The Morgan fingerprint density at radius 1 is 1.41 bits per heavy atom. The molecule has 2 nitrogen and oxygen atoms in total. The molecule has 17 heavy (non-hydrogen) atoms. The van der Waals surface area contributed by atoms with Gasteiger partial charge in [-0.25, -0.2) is 0 Å². The molecule has 0 aliphatic rings. The third-order valence-corrected chi connectivity index (χ3v) is 3.11. The Hall–Kier alpha value is -1.77. The van der Waals surface area contributed by atoms with Crippen molar-refractivity contribution in [2.75, 3.05) is 0 Å². The number of aromatic nitrogens is 1. The molecule has 0 radical (unpaired) electrons. The first-order valence-corrected chi connectivity index (χ1v) is 5.93. The lowest BCUT2D eigenvalue weighted by atomic mass is 10.0. The second-order valence-corrected chi connectivity index (χ2v) is 4.16. The summed E-state index contributed by atoms with van der Waals surface area (Å²) in [5.74, 6) is 0. The number of fused-ring (bicyclic) bond motifs is 1. The lowest BCUT2D eigenvalue weighted by Gasteiger charge is -2.10. The van der Waals surface area contributed by atoms with Crippen LogP contribution in [0.15, 0.2) is 35.1 Å². The zero-order valence-electron chi connectivity index (χ0n) is 10.5. The average Bonchev–Trinajstić information content (AvgIpc) is 2.34. The molecule has 86 valence electrons. The summed E-state index contributed by atoms with van der Waals surface area (Å²) in [4.78, 5) is 12.3. The van der Waals surface area contributed by atoms with Crippen molar-refractivity contribution < 1.29 is 0 Å². The molecule has 0 fully saturated rings. The highest BCUT2D eigenvalue weighted by Crippen LogP contribution is 2.17. The number of hydrogen-bond donors (Lipinski definition) is 0. The van der Waals surface area contributed by atoms with Gasteiger partial charge in [-0.15, -0.1) is 0 Å². The Labute approximate surface area is 102 Å². The summed E-state index contributed by atoms with van der Waals surface area (Å²) in [5.41, 5.74) is 2.15. The van der Waals surface area contributed by atoms with Crippen LogP contribution in [0.25, 0.3) is 16.8 Å². The Morgan fingerprint density at radius 2 is 2.18 bits per heavy atom. The lowest BCUT2D eigenvalue weighted by molar-refractivity contribution is 0.968. The zero-order chi connectivity index (χ0) is 12.4. The molecule has 3 heteroatoms. The third kappa shape index (κ3) is 1.93. The summed E-state index contributed by atoms with van der Waals surface area (Å²) < 4.78 is 1.75. The molecule has 0 amide bonds. The monoisotopic (exact) mass is 225 g/mol. The van der Waals surface area contributed by atoms with Gasteiger partial charge in [0.15, 0.2) is 0 Å². The number of benzene rings is 1. The van der Waals surface area contributed by atoms with Crippen molar-refractivity contribution >= 4 is 24.8 Å². The minimum atomic E-state index is 0.0908. The van der Waals surface area contributed by atoms with E-state index in [-0.39, 0.29) is 5.56 Å². The van der Waals surface area contributed by atoms with Gasteiger partial charge in [-0.05, 0) is 30.4 Å². The van der Waals surface area contributed by atoms with Crippen LogP contribution in [-0.2, 0) is 6.42 Å². The van der Waals surface area contributed by atoms with Crippen molar-refractivity contribution in [3.8, 4) is 0 Å². The fourth-order valence-corrected chi connectivity index (χ4v) is 2.19. The van der Waals surface area contributed by atoms with E-state index in [1.807, 2.05) is 45.3 Å². The van der Waals surface area contributed by atoms with E-state index in [0.717, 1.165) is 28.5 Å². The predicted octanol–water partition coefficient (Wildman–Crippen LogP) is 1.99. The number of aryl methyl sites for hydroxylation is 1. The molecule has 1 aromatic heterocycles. The molecular formula is C14H16BNO. The van der Waals surface area contributed by atoms with Crippen molar-refractivity contribution in [3.63, 3.8) is 0 Å². The number of nitrogens with zero attached hydrogens (tertiary/aromatic N) is 1. The van der Waals surface area contributed by atoms with Crippen molar-refractivity contribution in [2.24, 2.45) is 0 Å². The standard InChI is InChI=1S/C14H16BNO/c1-3-6-10-7-5-8-11-9-12(4-2)16(15)14(17)13(10)11/h3,5-9H,4,15H2,1-2H3/b6-3+. The molecular weight excluding hydrogens is 209 g/mol. The zero-order valence-corrected chi connectivity index (χ0v) is 10.5. The van der Waals surface area contributed by atoms with Crippen LogP contribution in [0.2, 0.25) is 0 Å². The summed E-state index contributed by atoms with van der Waals surface area (Å²) in [6.07, 6.45) is 4.81. The summed E-state index contributed by atoms with van der Waals surface area (Å²) in [7, 11) is 1.84. The molecule has 1 heterocycles. The van der Waals surface area contributed by atoms with E-state index in [9.17, 15) is 4.79 Å². The van der Waals surface area contributed by atoms with E-state index in [1.165, 1.54) is 0 Å². The van der Waals surface area contributed by atoms with Crippen LogP contribution in [-0.4, -0.2) is 12.5 Å². The largest absolute Gasteiger partial charge is 0.364 e. The molecule has 0 spiro atoms. The van der Waals surface area contributed by atoms with Gasteiger partial charge in [0.2, 0.25) is 13.5 Å². The minimum Gasteiger partial charge on any atom is -0.364 e. The SMILES string of the molecule is Bn1c(CC)cc2cccc(/C=C/C)c2c1=O. The quantitative estimate of drug-likeness (QED) is 0.716. The summed E-state index contributed by atoms with van der Waals surface area (Å²) >= 11 is 0. The molecule has 0 N–H and O–H groups in total. The van der Waals surface area contributed by atoms with Crippen LogP contribution in [0.1, 0.15) is 25.1 Å².